The zero-order valence-electron chi connectivity index (χ0n) is 9.94. The monoisotopic (exact) mass is 255 g/mol. The predicted molar refractivity (Wildman–Crippen MR) is 61.3 cm³/mol. The van der Waals surface area contributed by atoms with Crippen molar-refractivity contribution < 1.29 is 14.8 Å². The zero-order valence-corrected chi connectivity index (χ0v) is 9.94. The van der Waals surface area contributed by atoms with Crippen molar-refractivity contribution in [2.45, 2.75) is 26.3 Å². The van der Waals surface area contributed by atoms with E-state index in [2.05, 4.69) is 4.98 Å². The molecule has 0 radical (unpaired) electrons. The second-order valence-corrected chi connectivity index (χ2v) is 4.24. The number of rotatable bonds is 5. The van der Waals surface area contributed by atoms with E-state index in [9.17, 15) is 19.7 Å². The highest BCUT2D eigenvalue weighted by atomic mass is 16.6. The van der Waals surface area contributed by atoms with E-state index >= 15 is 0 Å². The lowest BCUT2D eigenvalue weighted by atomic mass is 10.0. The van der Waals surface area contributed by atoms with Crippen molar-refractivity contribution in [3.63, 3.8) is 0 Å². The third-order valence-corrected chi connectivity index (χ3v) is 2.33. The Balaban J connectivity index is 3.26. The number of aliphatic carboxylic acids is 1. The summed E-state index contributed by atoms with van der Waals surface area (Å²) in [5, 5.41) is 19.7. The third-order valence-electron chi connectivity index (χ3n) is 2.33. The van der Waals surface area contributed by atoms with Crippen molar-refractivity contribution in [2.75, 3.05) is 0 Å². The van der Waals surface area contributed by atoms with Crippen LogP contribution < -0.4 is 5.69 Å². The summed E-state index contributed by atoms with van der Waals surface area (Å²) < 4.78 is 0.792. The number of nitro groups is 1. The van der Waals surface area contributed by atoms with Gasteiger partial charge in [0.05, 0.1) is 11.1 Å². The maximum Gasteiger partial charge on any atom is 0.348 e. The third kappa shape index (κ3) is 3.12. The van der Waals surface area contributed by atoms with E-state index in [0.717, 1.165) is 17.0 Å². The van der Waals surface area contributed by atoms with Crippen molar-refractivity contribution >= 4 is 11.7 Å². The molecule has 18 heavy (non-hydrogen) atoms. The van der Waals surface area contributed by atoms with Crippen LogP contribution in [0.1, 0.15) is 26.3 Å². The van der Waals surface area contributed by atoms with Gasteiger partial charge in [-0.05, 0) is 12.3 Å². The number of aromatic nitrogens is 2. The molecule has 0 saturated heterocycles. The smallest absolute Gasteiger partial charge is 0.348 e. The molecule has 0 saturated carbocycles. The van der Waals surface area contributed by atoms with Crippen molar-refractivity contribution in [2.24, 2.45) is 5.92 Å². The highest BCUT2D eigenvalue weighted by molar-refractivity contribution is 5.71. The highest BCUT2D eigenvalue weighted by Crippen LogP contribution is 2.18. The Kier molecular flexibility index (Phi) is 4.13. The lowest BCUT2D eigenvalue weighted by Crippen LogP contribution is -2.32. The number of nitrogens with zero attached hydrogens (tertiary/aromatic N) is 3. The fraction of sp³-hybridized carbons (Fsp3) is 0.500. The standard InChI is InChI=1S/C10H13N3O5/c1-6(2)3-8(9(14)15)12-5-7(13(17)18)4-11-10(12)16/h4-6,8H,3H2,1-2H3,(H,14,15). The van der Waals surface area contributed by atoms with Gasteiger partial charge in [0.1, 0.15) is 12.2 Å². The van der Waals surface area contributed by atoms with Gasteiger partial charge >= 0.3 is 17.3 Å². The second-order valence-electron chi connectivity index (χ2n) is 4.24. The maximum absolute atomic E-state index is 11.5. The Labute approximate surface area is 102 Å². The van der Waals surface area contributed by atoms with Crippen LogP contribution in [0, 0.1) is 16.0 Å². The summed E-state index contributed by atoms with van der Waals surface area (Å²) in [4.78, 5) is 35.8. The Morgan fingerprint density at radius 2 is 2.22 bits per heavy atom. The SMILES string of the molecule is CC(C)CC(C(=O)O)n1cc([N+](=O)[O-])cnc1=O. The van der Waals surface area contributed by atoms with Crippen LogP contribution in [-0.4, -0.2) is 25.6 Å². The van der Waals surface area contributed by atoms with Crippen molar-refractivity contribution in [1.82, 2.24) is 9.55 Å². The van der Waals surface area contributed by atoms with E-state index in [1.165, 1.54) is 0 Å². The van der Waals surface area contributed by atoms with Crippen LogP contribution in [0.15, 0.2) is 17.2 Å². The second kappa shape index (κ2) is 5.39. The van der Waals surface area contributed by atoms with E-state index in [1.807, 2.05) is 0 Å². The first kappa shape index (κ1) is 13.8. The van der Waals surface area contributed by atoms with Crippen LogP contribution in [0.25, 0.3) is 0 Å². The molecule has 1 atom stereocenters. The average Bonchev–Trinajstić information content (AvgIpc) is 2.26. The lowest BCUT2D eigenvalue weighted by molar-refractivity contribution is -0.385. The molecule has 0 spiro atoms. The summed E-state index contributed by atoms with van der Waals surface area (Å²) in [6.45, 7) is 3.59. The van der Waals surface area contributed by atoms with Gasteiger partial charge in [0.15, 0.2) is 0 Å². The Morgan fingerprint density at radius 3 is 2.67 bits per heavy atom. The molecule has 0 aliphatic heterocycles. The minimum Gasteiger partial charge on any atom is -0.480 e. The molecule has 1 rings (SSSR count). The van der Waals surface area contributed by atoms with Gasteiger partial charge in [-0.25, -0.2) is 9.59 Å². The highest BCUT2D eigenvalue weighted by Gasteiger charge is 2.24. The number of carboxylic acids is 1. The topological polar surface area (TPSA) is 115 Å². The largest absolute Gasteiger partial charge is 0.480 e. The van der Waals surface area contributed by atoms with Gasteiger partial charge in [-0.15, -0.1) is 0 Å². The van der Waals surface area contributed by atoms with Crippen molar-refractivity contribution in [3.05, 3.63) is 33.0 Å². The molecule has 98 valence electrons. The molecule has 1 unspecified atom stereocenters. The summed E-state index contributed by atoms with van der Waals surface area (Å²) >= 11 is 0. The number of hydrogen-bond acceptors (Lipinski definition) is 5. The molecule has 0 bridgehead atoms. The van der Waals surface area contributed by atoms with Crippen LogP contribution in [0.2, 0.25) is 0 Å². The molecule has 8 nitrogen and oxygen atoms in total. The summed E-state index contributed by atoms with van der Waals surface area (Å²) in [7, 11) is 0. The van der Waals surface area contributed by atoms with Gasteiger partial charge in [0.2, 0.25) is 0 Å². The Hall–Kier alpha value is -2.25. The summed E-state index contributed by atoms with van der Waals surface area (Å²) in [6.07, 6.45) is 1.92. The molecule has 8 heteroatoms. The number of hydrogen-bond donors (Lipinski definition) is 1. The van der Waals surface area contributed by atoms with E-state index < -0.39 is 28.3 Å². The minimum atomic E-state index is -1.21. The summed E-state index contributed by atoms with van der Waals surface area (Å²) in [5.74, 6) is -1.19. The van der Waals surface area contributed by atoms with Crippen LogP contribution in [0.3, 0.4) is 0 Å². The molecule has 0 fully saturated rings. The number of carbonyl (C=O) groups is 1. The van der Waals surface area contributed by atoms with Gasteiger partial charge in [0.25, 0.3) is 0 Å². The van der Waals surface area contributed by atoms with Gasteiger partial charge in [0, 0.05) is 0 Å². The first-order chi connectivity index (χ1) is 8.32. The van der Waals surface area contributed by atoms with Gasteiger partial charge in [-0.3, -0.25) is 14.7 Å². The van der Waals surface area contributed by atoms with Crippen LogP contribution in [0.4, 0.5) is 5.69 Å². The lowest BCUT2D eigenvalue weighted by Gasteiger charge is -2.16. The van der Waals surface area contributed by atoms with Crippen LogP contribution in [-0.2, 0) is 4.79 Å². The van der Waals surface area contributed by atoms with E-state index in [1.54, 1.807) is 13.8 Å². The maximum atomic E-state index is 11.5. The first-order valence-corrected chi connectivity index (χ1v) is 5.28. The van der Waals surface area contributed by atoms with Gasteiger partial charge in [-0.1, -0.05) is 13.8 Å². The molecule has 0 aliphatic carbocycles. The molecule has 0 aliphatic rings. The predicted octanol–water partition coefficient (Wildman–Crippen LogP) is 0.823. The van der Waals surface area contributed by atoms with Crippen molar-refractivity contribution in [1.29, 1.82) is 0 Å². The fourth-order valence-corrected chi connectivity index (χ4v) is 1.52. The van der Waals surface area contributed by atoms with Crippen molar-refractivity contribution in [3.8, 4) is 0 Å². The molecule has 1 N–H and O–H groups in total. The minimum absolute atomic E-state index is 0.0252. The normalized spacial score (nSPS) is 12.4. The van der Waals surface area contributed by atoms with Crippen LogP contribution >= 0.6 is 0 Å². The molecule has 1 aromatic rings. The Bertz CT molecular complexity index is 522. The molecular formula is C10H13N3O5. The molecule has 0 amide bonds. The first-order valence-electron chi connectivity index (χ1n) is 5.28. The Morgan fingerprint density at radius 1 is 1.61 bits per heavy atom. The van der Waals surface area contributed by atoms with E-state index in [0.29, 0.717) is 0 Å². The van der Waals surface area contributed by atoms with E-state index in [-0.39, 0.29) is 12.3 Å². The molecule has 1 aromatic heterocycles. The summed E-state index contributed by atoms with van der Waals surface area (Å²) in [6, 6.07) is -1.15. The average molecular weight is 255 g/mol. The quantitative estimate of drug-likeness (QED) is 0.615. The fourth-order valence-electron chi connectivity index (χ4n) is 1.52. The van der Waals surface area contributed by atoms with Gasteiger partial charge in [-0.2, -0.15) is 4.98 Å². The number of carboxylic acid groups (broad SMARTS) is 1. The molecular weight excluding hydrogens is 242 g/mol. The molecule has 1 heterocycles. The van der Waals surface area contributed by atoms with E-state index in [4.69, 9.17) is 5.11 Å². The van der Waals surface area contributed by atoms with Gasteiger partial charge < -0.3 is 5.11 Å². The van der Waals surface area contributed by atoms with Crippen LogP contribution in [0.5, 0.6) is 0 Å². The molecule has 0 aromatic carbocycles. The zero-order chi connectivity index (χ0) is 13.9. The summed E-state index contributed by atoms with van der Waals surface area (Å²) in [5.41, 5.74) is -1.22.